The van der Waals surface area contributed by atoms with Gasteiger partial charge in [0.05, 0.1) is 12.1 Å². The van der Waals surface area contributed by atoms with Crippen LogP contribution in [-0.4, -0.2) is 53.7 Å². The minimum atomic E-state index is -0.964. The molecule has 1 amide bonds. The zero-order valence-electron chi connectivity index (χ0n) is 9.39. The molecule has 92 valence electrons. The first-order valence-corrected chi connectivity index (χ1v) is 5.38. The monoisotopic (exact) mass is 230 g/mol. The highest BCUT2D eigenvalue weighted by Crippen LogP contribution is 2.14. The van der Waals surface area contributed by atoms with E-state index in [0.717, 1.165) is 0 Å². The van der Waals surface area contributed by atoms with E-state index >= 15 is 0 Å². The molecule has 0 unspecified atom stereocenters. The number of likely N-dealkylation sites (tertiary alicyclic amines) is 1. The number of carboxylic acid groups (broad SMARTS) is 1. The molecule has 1 fully saturated rings. The van der Waals surface area contributed by atoms with Crippen LogP contribution in [0.3, 0.4) is 0 Å². The Hall–Kier alpha value is -1.14. The van der Waals surface area contributed by atoms with E-state index in [1.807, 2.05) is 0 Å². The van der Waals surface area contributed by atoms with Crippen molar-refractivity contribution < 1.29 is 19.4 Å². The molecule has 1 aliphatic rings. The maximum Gasteiger partial charge on any atom is 0.329 e. The largest absolute Gasteiger partial charge is 0.480 e. The average molecular weight is 230 g/mol. The summed E-state index contributed by atoms with van der Waals surface area (Å²) in [6, 6.07) is -0.475. The topological polar surface area (TPSA) is 92.9 Å². The number of carboxylic acids is 1. The molecule has 6 nitrogen and oxygen atoms in total. The third kappa shape index (κ3) is 3.79. The van der Waals surface area contributed by atoms with Gasteiger partial charge in [0.1, 0.15) is 6.61 Å². The summed E-state index contributed by atoms with van der Waals surface area (Å²) in [6.45, 7) is 2.57. The van der Waals surface area contributed by atoms with Crippen molar-refractivity contribution in [2.75, 3.05) is 19.7 Å². The van der Waals surface area contributed by atoms with Gasteiger partial charge in [-0.15, -0.1) is 0 Å². The van der Waals surface area contributed by atoms with Crippen LogP contribution < -0.4 is 5.73 Å². The molecule has 0 aromatic rings. The quantitative estimate of drug-likeness (QED) is 0.674. The number of carbonyl (C=O) groups excluding carboxylic acids is 1. The molecule has 0 bridgehead atoms. The van der Waals surface area contributed by atoms with Crippen LogP contribution in [-0.2, 0) is 14.3 Å². The summed E-state index contributed by atoms with van der Waals surface area (Å²) >= 11 is 0. The van der Waals surface area contributed by atoms with E-state index in [0.29, 0.717) is 25.9 Å². The predicted octanol–water partition coefficient (Wildman–Crippen LogP) is -0.574. The van der Waals surface area contributed by atoms with Crippen molar-refractivity contribution in [3.63, 3.8) is 0 Å². The Morgan fingerprint density at radius 1 is 1.50 bits per heavy atom. The fraction of sp³-hybridized carbons (Fsp3) is 0.800. The Balaban J connectivity index is 2.28. The van der Waals surface area contributed by atoms with E-state index in [4.69, 9.17) is 15.6 Å². The van der Waals surface area contributed by atoms with E-state index < -0.39 is 12.0 Å². The Labute approximate surface area is 94.3 Å². The SMILES string of the molecule is C[C@@H](N)C(=O)N1CCC(OCC(=O)O)CC1. The second-order valence-corrected chi connectivity index (χ2v) is 4.02. The smallest absolute Gasteiger partial charge is 0.329 e. The first-order chi connectivity index (χ1) is 7.50. The normalized spacial score (nSPS) is 19.5. The first kappa shape index (κ1) is 12.9. The molecule has 0 radical (unpaired) electrons. The lowest BCUT2D eigenvalue weighted by atomic mass is 10.1. The lowest BCUT2D eigenvalue weighted by Crippen LogP contribution is -2.47. The number of rotatable bonds is 4. The van der Waals surface area contributed by atoms with Crippen molar-refractivity contribution in [1.82, 2.24) is 4.90 Å². The molecule has 1 rings (SSSR count). The van der Waals surface area contributed by atoms with Gasteiger partial charge in [-0.1, -0.05) is 0 Å². The van der Waals surface area contributed by atoms with Crippen molar-refractivity contribution in [1.29, 1.82) is 0 Å². The predicted molar refractivity (Wildman–Crippen MR) is 56.8 cm³/mol. The number of aliphatic carboxylic acids is 1. The number of ether oxygens (including phenoxy) is 1. The Morgan fingerprint density at radius 3 is 2.50 bits per heavy atom. The first-order valence-electron chi connectivity index (χ1n) is 5.38. The van der Waals surface area contributed by atoms with Crippen molar-refractivity contribution >= 4 is 11.9 Å². The molecule has 0 spiro atoms. The van der Waals surface area contributed by atoms with Crippen LogP contribution in [0.5, 0.6) is 0 Å². The van der Waals surface area contributed by atoms with Crippen molar-refractivity contribution in [3.8, 4) is 0 Å². The average Bonchev–Trinajstić information content (AvgIpc) is 2.26. The lowest BCUT2D eigenvalue weighted by molar-refractivity contribution is -0.147. The van der Waals surface area contributed by atoms with Crippen LogP contribution in [0.2, 0.25) is 0 Å². The van der Waals surface area contributed by atoms with E-state index in [1.165, 1.54) is 0 Å². The lowest BCUT2D eigenvalue weighted by Gasteiger charge is -2.32. The number of hydrogen-bond acceptors (Lipinski definition) is 4. The molecule has 1 heterocycles. The summed E-state index contributed by atoms with van der Waals surface area (Å²) in [5.74, 6) is -1.02. The van der Waals surface area contributed by atoms with Crippen LogP contribution >= 0.6 is 0 Å². The maximum absolute atomic E-state index is 11.5. The summed E-state index contributed by atoms with van der Waals surface area (Å²) < 4.78 is 5.16. The number of nitrogens with zero attached hydrogens (tertiary/aromatic N) is 1. The Bertz CT molecular complexity index is 260. The molecule has 1 saturated heterocycles. The van der Waals surface area contributed by atoms with Gasteiger partial charge in [-0.2, -0.15) is 0 Å². The third-order valence-corrected chi connectivity index (χ3v) is 2.59. The maximum atomic E-state index is 11.5. The standard InChI is InChI=1S/C10H18N2O4/c1-7(11)10(15)12-4-2-8(3-5-12)16-6-9(13)14/h7-8H,2-6,11H2,1H3,(H,13,14)/t7-/m1/s1. The molecular formula is C10H18N2O4. The molecule has 0 aliphatic carbocycles. The second kappa shape index (κ2) is 5.81. The van der Waals surface area contributed by atoms with Gasteiger partial charge in [0.2, 0.25) is 5.91 Å². The van der Waals surface area contributed by atoms with Gasteiger partial charge in [0.25, 0.3) is 0 Å². The zero-order chi connectivity index (χ0) is 12.1. The Kier molecular flexibility index (Phi) is 4.70. The number of piperidine rings is 1. The molecule has 0 saturated carbocycles. The molecule has 6 heteroatoms. The van der Waals surface area contributed by atoms with Crippen LogP contribution in [0.25, 0.3) is 0 Å². The minimum absolute atomic E-state index is 0.0586. The van der Waals surface area contributed by atoms with Crippen molar-refractivity contribution in [3.05, 3.63) is 0 Å². The number of hydrogen-bond donors (Lipinski definition) is 2. The van der Waals surface area contributed by atoms with E-state index in [-0.39, 0.29) is 18.6 Å². The van der Waals surface area contributed by atoms with Gasteiger partial charge in [0.15, 0.2) is 0 Å². The molecule has 0 aromatic carbocycles. The van der Waals surface area contributed by atoms with Gasteiger partial charge in [0, 0.05) is 13.1 Å². The van der Waals surface area contributed by atoms with Crippen LogP contribution in [0.4, 0.5) is 0 Å². The van der Waals surface area contributed by atoms with Crippen molar-refractivity contribution in [2.24, 2.45) is 5.73 Å². The summed E-state index contributed by atoms with van der Waals surface area (Å²) in [5, 5.41) is 8.45. The highest BCUT2D eigenvalue weighted by molar-refractivity contribution is 5.81. The van der Waals surface area contributed by atoms with Gasteiger partial charge < -0.3 is 20.5 Å². The second-order valence-electron chi connectivity index (χ2n) is 4.02. The molecular weight excluding hydrogens is 212 g/mol. The summed E-state index contributed by atoms with van der Waals surface area (Å²) in [6.07, 6.45) is 1.28. The fourth-order valence-corrected chi connectivity index (χ4v) is 1.72. The highest BCUT2D eigenvalue weighted by Gasteiger charge is 2.25. The molecule has 16 heavy (non-hydrogen) atoms. The molecule has 1 aliphatic heterocycles. The third-order valence-electron chi connectivity index (χ3n) is 2.59. The van der Waals surface area contributed by atoms with Crippen LogP contribution in [0.1, 0.15) is 19.8 Å². The summed E-state index contributed by atoms with van der Waals surface area (Å²) in [7, 11) is 0. The summed E-state index contributed by atoms with van der Waals surface area (Å²) in [4.78, 5) is 23.5. The molecule has 0 aromatic heterocycles. The van der Waals surface area contributed by atoms with Gasteiger partial charge in [-0.3, -0.25) is 4.79 Å². The zero-order valence-corrected chi connectivity index (χ0v) is 9.39. The van der Waals surface area contributed by atoms with Gasteiger partial charge >= 0.3 is 5.97 Å². The molecule has 3 N–H and O–H groups in total. The minimum Gasteiger partial charge on any atom is -0.480 e. The van der Waals surface area contributed by atoms with Crippen LogP contribution in [0.15, 0.2) is 0 Å². The van der Waals surface area contributed by atoms with Gasteiger partial charge in [-0.25, -0.2) is 4.79 Å². The van der Waals surface area contributed by atoms with E-state index in [9.17, 15) is 9.59 Å². The fourth-order valence-electron chi connectivity index (χ4n) is 1.72. The number of carbonyl (C=O) groups is 2. The van der Waals surface area contributed by atoms with E-state index in [2.05, 4.69) is 0 Å². The summed E-state index contributed by atoms with van der Waals surface area (Å²) in [5.41, 5.74) is 5.50. The van der Waals surface area contributed by atoms with E-state index in [1.54, 1.807) is 11.8 Å². The number of nitrogens with two attached hydrogens (primary N) is 1. The van der Waals surface area contributed by atoms with Crippen LogP contribution in [0, 0.1) is 0 Å². The van der Waals surface area contributed by atoms with Gasteiger partial charge in [-0.05, 0) is 19.8 Å². The number of amides is 1. The highest BCUT2D eigenvalue weighted by atomic mass is 16.5. The van der Waals surface area contributed by atoms with Crippen molar-refractivity contribution in [2.45, 2.75) is 31.9 Å². The Morgan fingerprint density at radius 2 is 2.06 bits per heavy atom. The molecule has 1 atom stereocenters.